The van der Waals surface area contributed by atoms with Gasteiger partial charge in [-0.05, 0) is 83.1 Å². The number of anilines is 1. The molecule has 36 heavy (non-hydrogen) atoms. The van der Waals surface area contributed by atoms with Gasteiger partial charge in [-0.3, -0.25) is 0 Å². The number of nitrogens with zero attached hydrogens (tertiary/aromatic N) is 2. The Morgan fingerprint density at radius 2 is 1.58 bits per heavy atom. The van der Waals surface area contributed by atoms with Crippen molar-refractivity contribution in [2.75, 3.05) is 4.72 Å². The fraction of sp³-hybridized carbons (Fsp3) is 0.154. The van der Waals surface area contributed by atoms with Crippen molar-refractivity contribution in [1.82, 2.24) is 9.97 Å². The highest BCUT2D eigenvalue weighted by Crippen LogP contribution is 2.44. The van der Waals surface area contributed by atoms with Crippen LogP contribution in [0.5, 0.6) is 0 Å². The van der Waals surface area contributed by atoms with Gasteiger partial charge in [0, 0.05) is 18.3 Å². The van der Waals surface area contributed by atoms with Crippen molar-refractivity contribution in [2.24, 2.45) is 0 Å². The summed E-state index contributed by atoms with van der Waals surface area (Å²) in [5.74, 6) is -0.782. The molecule has 0 amide bonds. The van der Waals surface area contributed by atoms with E-state index in [0.29, 0.717) is 29.5 Å². The monoisotopic (exact) mass is 513 g/mol. The number of alkyl halides is 3. The summed E-state index contributed by atoms with van der Waals surface area (Å²) >= 11 is 0. The Balaban J connectivity index is 1.53. The zero-order valence-electron chi connectivity index (χ0n) is 18.6. The number of halogens is 4. The molecule has 1 heterocycles. The number of sulfonamides is 1. The third-order valence-electron chi connectivity index (χ3n) is 6.21. The first-order chi connectivity index (χ1) is 17.1. The van der Waals surface area contributed by atoms with Gasteiger partial charge in [-0.25, -0.2) is 27.5 Å². The van der Waals surface area contributed by atoms with Gasteiger partial charge in [-0.2, -0.15) is 13.2 Å². The minimum atomic E-state index is -4.53. The van der Waals surface area contributed by atoms with Crippen LogP contribution in [0.2, 0.25) is 0 Å². The van der Waals surface area contributed by atoms with Gasteiger partial charge in [0.05, 0.1) is 10.5 Å². The van der Waals surface area contributed by atoms with Crippen LogP contribution < -0.4 is 4.72 Å². The molecular weight excluding hydrogens is 494 g/mol. The maximum Gasteiger partial charge on any atom is 0.416 e. The molecule has 1 unspecified atom stereocenters. The summed E-state index contributed by atoms with van der Waals surface area (Å²) in [4.78, 5) is 7.80. The minimum Gasteiger partial charge on any atom is -0.247 e. The Kier molecular flexibility index (Phi) is 5.99. The van der Waals surface area contributed by atoms with Crippen LogP contribution >= 0.6 is 0 Å². The standard InChI is InChI=1S/C26H19F4N3O2S/c27-19-6-2-16(3-7-19)24-15-18(26(28,29)30)5-10-23(24)22-9-4-17-14-20(8-11-21(17)22)36(34,35)33-25-31-12-1-13-32-25/h1-3,5-8,10-15,22H,4,9H2,(H,31,32,33). The van der Waals surface area contributed by atoms with E-state index in [9.17, 15) is 26.0 Å². The van der Waals surface area contributed by atoms with E-state index in [1.165, 1.54) is 48.8 Å². The first kappa shape index (κ1) is 23.9. The zero-order valence-corrected chi connectivity index (χ0v) is 19.4. The molecule has 0 aliphatic heterocycles. The topological polar surface area (TPSA) is 72.0 Å². The van der Waals surface area contributed by atoms with Gasteiger partial charge in [0.25, 0.3) is 10.0 Å². The molecule has 10 heteroatoms. The predicted molar refractivity (Wildman–Crippen MR) is 126 cm³/mol. The molecule has 0 fully saturated rings. The lowest BCUT2D eigenvalue weighted by Crippen LogP contribution is -2.15. The van der Waals surface area contributed by atoms with Crippen LogP contribution in [0, 0.1) is 5.82 Å². The first-order valence-electron chi connectivity index (χ1n) is 11.0. The molecule has 1 aliphatic carbocycles. The molecule has 0 bridgehead atoms. The summed E-state index contributed by atoms with van der Waals surface area (Å²) in [6.45, 7) is 0. The zero-order chi connectivity index (χ0) is 25.5. The SMILES string of the molecule is O=S(=O)(Nc1ncccn1)c1ccc2c(c1)CCC2c1ccc(C(F)(F)F)cc1-c1ccc(F)cc1. The maximum atomic E-state index is 13.5. The lowest BCUT2D eigenvalue weighted by molar-refractivity contribution is -0.137. The largest absolute Gasteiger partial charge is 0.416 e. The third-order valence-corrected chi connectivity index (χ3v) is 7.53. The van der Waals surface area contributed by atoms with E-state index in [1.54, 1.807) is 18.2 Å². The molecule has 184 valence electrons. The van der Waals surface area contributed by atoms with E-state index in [-0.39, 0.29) is 16.8 Å². The van der Waals surface area contributed by atoms with Crippen LogP contribution in [0.1, 0.15) is 34.6 Å². The molecule has 5 nitrogen and oxygen atoms in total. The van der Waals surface area contributed by atoms with Crippen LogP contribution in [0.3, 0.4) is 0 Å². The fourth-order valence-corrected chi connectivity index (χ4v) is 5.54. The highest BCUT2D eigenvalue weighted by molar-refractivity contribution is 7.92. The van der Waals surface area contributed by atoms with Crippen molar-refractivity contribution >= 4 is 16.0 Å². The minimum absolute atomic E-state index is 0.0422. The molecule has 5 rings (SSSR count). The van der Waals surface area contributed by atoms with Crippen molar-refractivity contribution < 1.29 is 26.0 Å². The number of rotatable bonds is 5. The van der Waals surface area contributed by atoms with Crippen LogP contribution in [0.25, 0.3) is 11.1 Å². The number of benzene rings is 3. The van der Waals surface area contributed by atoms with E-state index in [2.05, 4.69) is 14.7 Å². The second kappa shape index (κ2) is 9.02. The summed E-state index contributed by atoms with van der Waals surface area (Å²) in [6, 6.07) is 15.2. The second-order valence-corrected chi connectivity index (χ2v) is 10.1. The van der Waals surface area contributed by atoms with Crippen LogP contribution in [0.15, 0.2) is 84.0 Å². The molecule has 1 atom stereocenters. The fourth-order valence-electron chi connectivity index (χ4n) is 4.53. The molecule has 0 spiro atoms. The summed E-state index contributed by atoms with van der Waals surface area (Å²) in [5.41, 5.74) is 2.34. The molecular formula is C26H19F4N3O2S. The quantitative estimate of drug-likeness (QED) is 0.324. The average molecular weight is 514 g/mol. The second-order valence-electron chi connectivity index (χ2n) is 8.44. The number of nitrogens with one attached hydrogen (secondary N) is 1. The smallest absolute Gasteiger partial charge is 0.247 e. The van der Waals surface area contributed by atoms with Crippen molar-refractivity contribution in [2.45, 2.75) is 29.8 Å². The number of aryl methyl sites for hydroxylation is 1. The highest BCUT2D eigenvalue weighted by atomic mass is 32.2. The van der Waals surface area contributed by atoms with Crippen LogP contribution in [-0.4, -0.2) is 18.4 Å². The van der Waals surface area contributed by atoms with Gasteiger partial charge in [0.2, 0.25) is 5.95 Å². The normalized spacial score (nSPS) is 15.5. The lowest BCUT2D eigenvalue weighted by atomic mass is 9.86. The van der Waals surface area contributed by atoms with E-state index >= 15 is 0 Å². The maximum absolute atomic E-state index is 13.5. The molecule has 3 aromatic carbocycles. The van der Waals surface area contributed by atoms with Gasteiger partial charge in [-0.1, -0.05) is 24.3 Å². The van der Waals surface area contributed by atoms with Crippen LogP contribution in [-0.2, 0) is 22.6 Å². The van der Waals surface area contributed by atoms with E-state index in [1.807, 2.05) is 0 Å². The molecule has 0 saturated carbocycles. The lowest BCUT2D eigenvalue weighted by Gasteiger charge is -2.20. The molecule has 4 aromatic rings. The predicted octanol–water partition coefficient (Wildman–Crippen LogP) is 6.18. The Morgan fingerprint density at radius 3 is 2.28 bits per heavy atom. The van der Waals surface area contributed by atoms with Crippen molar-refractivity contribution in [3.05, 3.63) is 107 Å². The molecule has 1 aliphatic rings. The third kappa shape index (κ3) is 4.68. The Hall–Kier alpha value is -3.79. The van der Waals surface area contributed by atoms with Crippen molar-refractivity contribution in [3.63, 3.8) is 0 Å². The number of aromatic nitrogens is 2. The van der Waals surface area contributed by atoms with Gasteiger partial charge < -0.3 is 0 Å². The van der Waals surface area contributed by atoms with Crippen molar-refractivity contribution in [1.29, 1.82) is 0 Å². The van der Waals surface area contributed by atoms with E-state index in [4.69, 9.17) is 0 Å². The highest BCUT2D eigenvalue weighted by Gasteiger charge is 2.33. The Morgan fingerprint density at radius 1 is 0.889 bits per heavy atom. The van der Waals surface area contributed by atoms with E-state index < -0.39 is 27.6 Å². The Bertz CT molecular complexity index is 1520. The first-order valence-corrected chi connectivity index (χ1v) is 12.5. The van der Waals surface area contributed by atoms with Gasteiger partial charge >= 0.3 is 6.18 Å². The molecule has 0 saturated heterocycles. The van der Waals surface area contributed by atoms with Crippen LogP contribution in [0.4, 0.5) is 23.5 Å². The average Bonchev–Trinajstić information content (AvgIpc) is 3.27. The number of hydrogen-bond acceptors (Lipinski definition) is 4. The van der Waals surface area contributed by atoms with Gasteiger partial charge in [0.1, 0.15) is 5.82 Å². The number of hydrogen-bond donors (Lipinski definition) is 1. The summed E-state index contributed by atoms with van der Waals surface area (Å²) in [5, 5.41) is 0. The van der Waals surface area contributed by atoms with Gasteiger partial charge in [0.15, 0.2) is 0 Å². The molecule has 0 radical (unpaired) electrons. The summed E-state index contributed by atoms with van der Waals surface area (Å²) in [6.07, 6.45) is -0.551. The summed E-state index contributed by atoms with van der Waals surface area (Å²) < 4.78 is 81.9. The van der Waals surface area contributed by atoms with E-state index in [0.717, 1.165) is 23.3 Å². The molecule has 1 N–H and O–H groups in total. The van der Waals surface area contributed by atoms with Gasteiger partial charge in [-0.15, -0.1) is 0 Å². The van der Waals surface area contributed by atoms with Crippen molar-refractivity contribution in [3.8, 4) is 11.1 Å². The Labute approximate surface area is 204 Å². The summed E-state index contributed by atoms with van der Waals surface area (Å²) in [7, 11) is -3.93. The molecule has 1 aromatic heterocycles. The number of fused-ring (bicyclic) bond motifs is 1.